The average Bonchev–Trinajstić information content (AvgIpc) is 3.31. The van der Waals surface area contributed by atoms with Gasteiger partial charge in [0.1, 0.15) is 5.69 Å². The summed E-state index contributed by atoms with van der Waals surface area (Å²) in [5.74, 6) is -0.722. The Morgan fingerprint density at radius 1 is 1.28 bits per heavy atom. The van der Waals surface area contributed by atoms with Gasteiger partial charge in [-0.15, -0.1) is 0 Å². The summed E-state index contributed by atoms with van der Waals surface area (Å²) in [6, 6.07) is -0.384. The number of esters is 1. The highest BCUT2D eigenvalue weighted by atomic mass is 32.2. The maximum absolute atomic E-state index is 13.5. The van der Waals surface area contributed by atoms with Gasteiger partial charge in [0.25, 0.3) is 5.91 Å². The van der Waals surface area contributed by atoms with Crippen molar-refractivity contribution >= 4 is 21.7 Å². The van der Waals surface area contributed by atoms with Gasteiger partial charge in [-0.2, -0.15) is 0 Å². The molecule has 0 spiro atoms. The minimum atomic E-state index is -3.15. The summed E-state index contributed by atoms with van der Waals surface area (Å²) >= 11 is 0. The van der Waals surface area contributed by atoms with Crippen LogP contribution in [0.25, 0.3) is 0 Å². The first-order valence-corrected chi connectivity index (χ1v) is 11.9. The first-order valence-electron chi connectivity index (χ1n) is 10.1. The molecular formula is C20H30N2O6S. The maximum atomic E-state index is 13.5. The van der Waals surface area contributed by atoms with E-state index < -0.39 is 15.8 Å². The zero-order chi connectivity index (χ0) is 21.3. The number of aromatic amines is 1. The Bertz CT molecular complexity index is 883. The van der Waals surface area contributed by atoms with Crippen LogP contribution in [0.15, 0.2) is 0 Å². The number of nitrogens with zero attached hydrogens (tertiary/aromatic N) is 1. The van der Waals surface area contributed by atoms with Crippen LogP contribution >= 0.6 is 0 Å². The van der Waals surface area contributed by atoms with Gasteiger partial charge in [-0.3, -0.25) is 4.79 Å². The number of carbonyl (C=O) groups excluding carboxylic acids is 2. The lowest BCUT2D eigenvalue weighted by atomic mass is 10.1. The van der Waals surface area contributed by atoms with E-state index in [-0.39, 0.29) is 35.7 Å². The average molecular weight is 427 g/mol. The molecule has 0 aliphatic carbocycles. The van der Waals surface area contributed by atoms with Crippen molar-refractivity contribution < 1.29 is 27.5 Å². The molecule has 0 radical (unpaired) electrons. The third-order valence-corrected chi connectivity index (χ3v) is 7.28. The molecule has 1 N–H and O–H groups in total. The molecule has 2 unspecified atom stereocenters. The molecule has 1 amide bonds. The number of sulfone groups is 1. The molecule has 1 aromatic rings. The molecule has 2 aliphatic rings. The predicted molar refractivity (Wildman–Crippen MR) is 108 cm³/mol. The van der Waals surface area contributed by atoms with E-state index in [4.69, 9.17) is 9.47 Å². The van der Waals surface area contributed by atoms with Crippen molar-refractivity contribution in [3.63, 3.8) is 0 Å². The van der Waals surface area contributed by atoms with Gasteiger partial charge in [0.05, 0.1) is 29.3 Å². The van der Waals surface area contributed by atoms with E-state index >= 15 is 0 Å². The number of amides is 1. The topological polar surface area (TPSA) is 106 Å². The SMILES string of the molecule is Cc1[nH]c(C(=O)N(CC2CCCO2)C2CCS(=O)(=O)C2)c(C)c1C(=O)OC(C)C. The van der Waals surface area contributed by atoms with Crippen LogP contribution in [0.3, 0.4) is 0 Å². The summed E-state index contributed by atoms with van der Waals surface area (Å²) in [4.78, 5) is 30.6. The Labute approximate surface area is 171 Å². The van der Waals surface area contributed by atoms with Crippen LogP contribution in [0.4, 0.5) is 0 Å². The first kappa shape index (κ1) is 21.8. The van der Waals surface area contributed by atoms with E-state index in [1.54, 1.807) is 32.6 Å². The molecule has 3 rings (SSSR count). The van der Waals surface area contributed by atoms with Gasteiger partial charge in [-0.05, 0) is 52.5 Å². The van der Waals surface area contributed by atoms with Gasteiger partial charge in [0, 0.05) is 24.9 Å². The highest BCUT2D eigenvalue weighted by molar-refractivity contribution is 7.91. The van der Waals surface area contributed by atoms with Crippen molar-refractivity contribution in [3.8, 4) is 0 Å². The number of H-pyrrole nitrogens is 1. The van der Waals surface area contributed by atoms with E-state index in [9.17, 15) is 18.0 Å². The summed E-state index contributed by atoms with van der Waals surface area (Å²) in [5, 5.41) is 0. The summed E-state index contributed by atoms with van der Waals surface area (Å²) < 4.78 is 35.0. The van der Waals surface area contributed by atoms with Crippen molar-refractivity contribution in [1.29, 1.82) is 0 Å². The molecule has 2 aliphatic heterocycles. The van der Waals surface area contributed by atoms with Crippen molar-refractivity contribution in [2.75, 3.05) is 24.7 Å². The minimum absolute atomic E-state index is 0.0353. The van der Waals surface area contributed by atoms with Crippen LogP contribution in [-0.4, -0.2) is 73.1 Å². The van der Waals surface area contributed by atoms with E-state index in [0.717, 1.165) is 12.8 Å². The van der Waals surface area contributed by atoms with Gasteiger partial charge >= 0.3 is 5.97 Å². The van der Waals surface area contributed by atoms with Crippen LogP contribution < -0.4 is 0 Å². The van der Waals surface area contributed by atoms with Crippen LogP contribution in [-0.2, 0) is 19.3 Å². The van der Waals surface area contributed by atoms with E-state index in [0.29, 0.717) is 42.1 Å². The fourth-order valence-corrected chi connectivity index (χ4v) is 5.84. The number of rotatable bonds is 6. The number of nitrogens with one attached hydrogen (secondary N) is 1. The smallest absolute Gasteiger partial charge is 0.340 e. The molecule has 3 heterocycles. The molecule has 0 saturated carbocycles. The molecule has 2 fully saturated rings. The molecule has 1 aromatic heterocycles. The zero-order valence-electron chi connectivity index (χ0n) is 17.5. The number of aromatic nitrogens is 1. The lowest BCUT2D eigenvalue weighted by Gasteiger charge is -2.30. The molecule has 29 heavy (non-hydrogen) atoms. The first-order chi connectivity index (χ1) is 13.6. The Balaban J connectivity index is 1.90. The number of carbonyl (C=O) groups is 2. The quantitative estimate of drug-likeness (QED) is 0.698. The van der Waals surface area contributed by atoms with E-state index in [2.05, 4.69) is 4.98 Å². The second-order valence-corrected chi connectivity index (χ2v) is 10.5. The molecule has 8 nitrogen and oxygen atoms in total. The van der Waals surface area contributed by atoms with Gasteiger partial charge in [0.2, 0.25) is 0 Å². The predicted octanol–water partition coefficient (Wildman–Crippen LogP) is 2.01. The third kappa shape index (κ3) is 4.83. The summed E-state index contributed by atoms with van der Waals surface area (Å²) in [5.41, 5.74) is 1.75. The lowest BCUT2D eigenvalue weighted by molar-refractivity contribution is 0.0376. The van der Waals surface area contributed by atoms with Crippen LogP contribution in [0, 0.1) is 13.8 Å². The summed E-state index contributed by atoms with van der Waals surface area (Å²) in [7, 11) is -3.15. The standard InChI is InChI=1S/C20H30N2O6S/c1-12(2)28-20(24)17-13(3)18(21-14(17)4)19(23)22(10-16-6-5-8-27-16)15-7-9-29(25,26)11-15/h12,15-16,21H,5-11H2,1-4H3. The normalized spacial score (nSPS) is 23.5. The number of hydrogen-bond acceptors (Lipinski definition) is 6. The molecular weight excluding hydrogens is 396 g/mol. The Morgan fingerprint density at radius 3 is 2.55 bits per heavy atom. The van der Waals surface area contributed by atoms with Crippen LogP contribution in [0.2, 0.25) is 0 Å². The Morgan fingerprint density at radius 2 is 2.00 bits per heavy atom. The minimum Gasteiger partial charge on any atom is -0.459 e. The third-order valence-electron chi connectivity index (χ3n) is 5.53. The van der Waals surface area contributed by atoms with Crippen molar-refractivity contribution in [3.05, 3.63) is 22.5 Å². The molecule has 162 valence electrons. The van der Waals surface area contributed by atoms with Crippen LogP contribution in [0.1, 0.15) is 65.2 Å². The monoisotopic (exact) mass is 426 g/mol. The molecule has 9 heteroatoms. The fourth-order valence-electron chi connectivity index (χ4n) is 4.11. The van der Waals surface area contributed by atoms with Crippen molar-refractivity contribution in [1.82, 2.24) is 9.88 Å². The van der Waals surface area contributed by atoms with E-state index in [1.165, 1.54) is 0 Å². The van der Waals surface area contributed by atoms with Gasteiger partial charge in [-0.1, -0.05) is 0 Å². The molecule has 2 atom stereocenters. The highest BCUT2D eigenvalue weighted by Gasteiger charge is 2.38. The number of ether oxygens (including phenoxy) is 2. The highest BCUT2D eigenvalue weighted by Crippen LogP contribution is 2.26. The van der Waals surface area contributed by atoms with Gasteiger partial charge in [0.15, 0.2) is 9.84 Å². The second-order valence-electron chi connectivity index (χ2n) is 8.23. The fraction of sp³-hybridized carbons (Fsp3) is 0.700. The largest absolute Gasteiger partial charge is 0.459 e. The number of aryl methyl sites for hydroxylation is 1. The summed E-state index contributed by atoms with van der Waals surface area (Å²) in [6.07, 6.45) is 1.83. The van der Waals surface area contributed by atoms with Crippen molar-refractivity contribution in [2.24, 2.45) is 0 Å². The molecule has 0 bridgehead atoms. The maximum Gasteiger partial charge on any atom is 0.340 e. The zero-order valence-corrected chi connectivity index (χ0v) is 18.3. The Kier molecular flexibility index (Phi) is 6.38. The summed E-state index contributed by atoms with van der Waals surface area (Å²) in [6.45, 7) is 7.98. The molecule has 2 saturated heterocycles. The van der Waals surface area contributed by atoms with Crippen molar-refractivity contribution in [2.45, 2.75) is 65.2 Å². The van der Waals surface area contributed by atoms with Crippen LogP contribution in [0.5, 0.6) is 0 Å². The second kappa shape index (κ2) is 8.47. The molecule has 0 aromatic carbocycles. The van der Waals surface area contributed by atoms with Gasteiger partial charge in [-0.25, -0.2) is 13.2 Å². The lowest BCUT2D eigenvalue weighted by Crippen LogP contribution is -2.45. The van der Waals surface area contributed by atoms with E-state index in [1.807, 2.05) is 0 Å². The Hall–Kier alpha value is -1.87. The number of hydrogen-bond donors (Lipinski definition) is 1. The van der Waals surface area contributed by atoms with Gasteiger partial charge < -0.3 is 19.4 Å².